The molecule has 1 heterocycles. The Morgan fingerprint density at radius 3 is 2.64 bits per heavy atom. The van der Waals surface area contributed by atoms with Crippen LogP contribution in [-0.2, 0) is 6.42 Å². The van der Waals surface area contributed by atoms with Crippen LogP contribution in [0.3, 0.4) is 0 Å². The Balaban J connectivity index is 2.83. The summed E-state index contributed by atoms with van der Waals surface area (Å²) in [5.41, 5.74) is 1.33. The molecule has 0 amide bonds. The summed E-state index contributed by atoms with van der Waals surface area (Å²) in [6, 6.07) is 0. The van der Waals surface area contributed by atoms with Crippen LogP contribution >= 0.6 is 0 Å². The lowest BCUT2D eigenvalue weighted by Crippen LogP contribution is -2.29. The van der Waals surface area contributed by atoms with Crippen LogP contribution in [0.5, 0.6) is 0 Å². The van der Waals surface area contributed by atoms with Crippen LogP contribution in [0, 0.1) is 18.0 Å². The molecule has 0 spiro atoms. The highest BCUT2D eigenvalue weighted by atomic mass is 16.8. The number of rotatable bonds is 2. The molecular formula is C7H12N2O2. The summed E-state index contributed by atoms with van der Waals surface area (Å²) in [6.07, 6.45) is 0.721. The molecule has 0 aliphatic heterocycles. The highest BCUT2D eigenvalue weighted by Gasteiger charge is 2.14. The molecule has 1 aromatic rings. The normalized spacial score (nSPS) is 10.9. The lowest BCUT2D eigenvalue weighted by molar-refractivity contribution is -0.808. The maximum atomic E-state index is 10.9. The van der Waals surface area contributed by atoms with Gasteiger partial charge in [-0.25, -0.2) is 0 Å². The summed E-state index contributed by atoms with van der Waals surface area (Å²) in [7, 11) is 0. The van der Waals surface area contributed by atoms with Gasteiger partial charge < -0.3 is 5.21 Å². The van der Waals surface area contributed by atoms with Gasteiger partial charge in [0, 0.05) is 18.5 Å². The minimum Gasteiger partial charge on any atom is -0.359 e. The second kappa shape index (κ2) is 2.90. The van der Waals surface area contributed by atoms with Crippen LogP contribution in [0.25, 0.3) is 0 Å². The Hall–Kier alpha value is -1.06. The lowest BCUT2D eigenvalue weighted by atomic mass is 10.1. The zero-order chi connectivity index (χ0) is 8.43. The molecule has 0 aliphatic rings. The third-order valence-electron chi connectivity index (χ3n) is 1.49. The van der Waals surface area contributed by atoms with Crippen molar-refractivity contribution < 1.29 is 9.53 Å². The molecule has 0 bridgehead atoms. The maximum absolute atomic E-state index is 10.9. The molecule has 62 valence electrons. The zero-order valence-electron chi connectivity index (χ0n) is 7.00. The third kappa shape index (κ3) is 1.69. The summed E-state index contributed by atoms with van der Waals surface area (Å²) in [5, 5.41) is 14.4. The topological polar surface area (TPSA) is 53.0 Å². The van der Waals surface area contributed by atoms with Crippen molar-refractivity contribution >= 4 is 0 Å². The smallest absolute Gasteiger partial charge is 0.218 e. The molecule has 4 heteroatoms. The minimum absolute atomic E-state index is 0.452. The standard InChI is InChI=1S/C7H12N2O2/c1-5(2)4-7-6(3)8-11-9(7)10/h5H,4H2,1-3H3. The van der Waals surface area contributed by atoms with Crippen molar-refractivity contribution in [3.8, 4) is 0 Å². The predicted molar refractivity (Wildman–Crippen MR) is 38.7 cm³/mol. The van der Waals surface area contributed by atoms with Gasteiger partial charge in [-0.15, -0.1) is 0 Å². The molecule has 11 heavy (non-hydrogen) atoms. The Morgan fingerprint density at radius 2 is 2.27 bits per heavy atom. The first kappa shape index (κ1) is 8.04. The van der Waals surface area contributed by atoms with Gasteiger partial charge in [-0.1, -0.05) is 13.8 Å². The highest BCUT2D eigenvalue weighted by Crippen LogP contribution is 2.05. The number of hydrogen-bond donors (Lipinski definition) is 0. The molecule has 0 atom stereocenters. The Labute approximate surface area is 65.4 Å². The molecular weight excluding hydrogens is 144 g/mol. The highest BCUT2D eigenvalue weighted by molar-refractivity contribution is 5.00. The SMILES string of the molecule is Cc1no[n+]([O-])c1CC(C)C. The maximum Gasteiger partial charge on any atom is 0.218 e. The molecule has 0 N–H and O–H groups in total. The van der Waals surface area contributed by atoms with Crippen LogP contribution in [0.1, 0.15) is 25.2 Å². The first-order valence-corrected chi connectivity index (χ1v) is 3.66. The van der Waals surface area contributed by atoms with Gasteiger partial charge in [-0.3, -0.25) is 4.63 Å². The van der Waals surface area contributed by atoms with Gasteiger partial charge in [-0.05, 0) is 10.8 Å². The molecule has 0 radical (unpaired) electrons. The number of aryl methyl sites for hydroxylation is 1. The fourth-order valence-electron chi connectivity index (χ4n) is 0.941. The van der Waals surface area contributed by atoms with E-state index in [2.05, 4.69) is 9.79 Å². The van der Waals surface area contributed by atoms with Gasteiger partial charge in [0.05, 0.1) is 0 Å². The van der Waals surface area contributed by atoms with Crippen molar-refractivity contribution in [1.29, 1.82) is 0 Å². The number of hydrogen-bond acceptors (Lipinski definition) is 3. The zero-order valence-corrected chi connectivity index (χ0v) is 7.00. The Kier molecular flexibility index (Phi) is 2.12. The van der Waals surface area contributed by atoms with E-state index in [4.69, 9.17) is 0 Å². The second-order valence-electron chi connectivity index (χ2n) is 3.06. The average molecular weight is 156 g/mol. The molecule has 0 saturated heterocycles. The summed E-state index contributed by atoms with van der Waals surface area (Å²) >= 11 is 0. The fraction of sp³-hybridized carbons (Fsp3) is 0.714. The van der Waals surface area contributed by atoms with E-state index in [9.17, 15) is 5.21 Å². The monoisotopic (exact) mass is 156 g/mol. The molecule has 1 rings (SSSR count). The van der Waals surface area contributed by atoms with Gasteiger partial charge in [0.1, 0.15) is 0 Å². The third-order valence-corrected chi connectivity index (χ3v) is 1.49. The van der Waals surface area contributed by atoms with Gasteiger partial charge in [-0.2, -0.15) is 0 Å². The summed E-state index contributed by atoms with van der Waals surface area (Å²) in [4.78, 5) is 0.481. The summed E-state index contributed by atoms with van der Waals surface area (Å²) in [5.74, 6) is 0.452. The largest absolute Gasteiger partial charge is 0.359 e. The first-order chi connectivity index (χ1) is 5.11. The van der Waals surface area contributed by atoms with Crippen LogP contribution in [0.2, 0.25) is 0 Å². The molecule has 0 aromatic carbocycles. The van der Waals surface area contributed by atoms with Crippen LogP contribution in [0.15, 0.2) is 4.63 Å². The summed E-state index contributed by atoms with van der Waals surface area (Å²) in [6.45, 7) is 5.87. The minimum atomic E-state index is 0.452. The van der Waals surface area contributed by atoms with Gasteiger partial charge >= 0.3 is 0 Å². The molecule has 0 aliphatic carbocycles. The predicted octanol–water partition coefficient (Wildman–Crippen LogP) is 0.815. The summed E-state index contributed by atoms with van der Waals surface area (Å²) < 4.78 is 4.41. The van der Waals surface area contributed by atoms with Crippen molar-refractivity contribution in [1.82, 2.24) is 5.16 Å². The van der Waals surface area contributed by atoms with E-state index in [1.807, 2.05) is 13.8 Å². The van der Waals surface area contributed by atoms with E-state index in [0.29, 0.717) is 22.2 Å². The van der Waals surface area contributed by atoms with Gasteiger partial charge in [0.2, 0.25) is 5.69 Å². The quantitative estimate of drug-likeness (QED) is 0.595. The Morgan fingerprint density at radius 1 is 1.64 bits per heavy atom. The number of aromatic nitrogens is 2. The lowest BCUT2D eigenvalue weighted by Gasteiger charge is -1.99. The van der Waals surface area contributed by atoms with E-state index in [1.165, 1.54) is 0 Å². The van der Waals surface area contributed by atoms with E-state index in [0.717, 1.165) is 6.42 Å². The molecule has 0 unspecified atom stereocenters. The van der Waals surface area contributed by atoms with Crippen LogP contribution in [0.4, 0.5) is 0 Å². The van der Waals surface area contributed by atoms with Gasteiger partial charge in [0.25, 0.3) is 0 Å². The molecule has 0 fully saturated rings. The van der Waals surface area contributed by atoms with Crippen molar-refractivity contribution in [3.63, 3.8) is 0 Å². The van der Waals surface area contributed by atoms with E-state index < -0.39 is 0 Å². The first-order valence-electron chi connectivity index (χ1n) is 3.66. The molecule has 4 nitrogen and oxygen atoms in total. The fourth-order valence-corrected chi connectivity index (χ4v) is 0.941. The second-order valence-corrected chi connectivity index (χ2v) is 3.06. The van der Waals surface area contributed by atoms with Crippen molar-refractivity contribution in [3.05, 3.63) is 16.6 Å². The van der Waals surface area contributed by atoms with Gasteiger partial charge in [0.15, 0.2) is 5.69 Å². The number of nitrogens with zero attached hydrogens (tertiary/aromatic N) is 2. The van der Waals surface area contributed by atoms with E-state index in [1.54, 1.807) is 6.92 Å². The van der Waals surface area contributed by atoms with Crippen molar-refractivity contribution in [2.24, 2.45) is 5.92 Å². The van der Waals surface area contributed by atoms with Crippen molar-refractivity contribution in [2.75, 3.05) is 0 Å². The van der Waals surface area contributed by atoms with Crippen molar-refractivity contribution in [2.45, 2.75) is 27.2 Å². The molecule has 1 aromatic heterocycles. The van der Waals surface area contributed by atoms with Crippen LogP contribution in [-0.4, -0.2) is 5.16 Å². The van der Waals surface area contributed by atoms with Crippen LogP contribution < -0.4 is 4.90 Å². The van der Waals surface area contributed by atoms with E-state index >= 15 is 0 Å². The Bertz CT molecular complexity index is 223. The molecule has 0 saturated carbocycles. The average Bonchev–Trinajstić information content (AvgIpc) is 2.18. The van der Waals surface area contributed by atoms with E-state index in [-0.39, 0.29) is 0 Å².